The van der Waals surface area contributed by atoms with Crippen molar-refractivity contribution in [2.24, 2.45) is 29.7 Å². The van der Waals surface area contributed by atoms with Crippen LogP contribution in [0.1, 0.15) is 55.9 Å². The molecule has 4 aliphatic carbocycles. The number of ketones is 1. The molecule has 4 heteroatoms. The lowest BCUT2D eigenvalue weighted by molar-refractivity contribution is -0.0823. The Morgan fingerprint density at radius 3 is 2.53 bits per heavy atom. The third-order valence-electron chi connectivity index (χ3n) is 5.78. The number of rotatable bonds is 2. The van der Waals surface area contributed by atoms with Gasteiger partial charge in [0.2, 0.25) is 0 Å². The number of aryl methyl sites for hydroxylation is 1. The van der Waals surface area contributed by atoms with E-state index in [1.165, 1.54) is 19.3 Å². The summed E-state index contributed by atoms with van der Waals surface area (Å²) in [6.07, 6.45) is 8.95. The van der Waals surface area contributed by atoms with Crippen LogP contribution < -0.4 is 0 Å². The van der Waals surface area contributed by atoms with Crippen molar-refractivity contribution in [1.82, 2.24) is 15.0 Å². The van der Waals surface area contributed by atoms with Gasteiger partial charge < -0.3 is 0 Å². The SMILES string of the molecule is Cn1nncc1C(=O)C12CC3CC(CC(C)(C3)C1)C2. The average Bonchev–Trinajstić information content (AvgIpc) is 2.71. The highest BCUT2D eigenvalue weighted by Crippen LogP contribution is 2.65. The number of hydrogen-bond donors (Lipinski definition) is 0. The third-order valence-corrected chi connectivity index (χ3v) is 5.78. The molecule has 5 rings (SSSR count). The summed E-state index contributed by atoms with van der Waals surface area (Å²) >= 11 is 0. The molecule has 102 valence electrons. The van der Waals surface area contributed by atoms with E-state index in [0.717, 1.165) is 31.1 Å². The second kappa shape index (κ2) is 3.47. The number of carbonyl (C=O) groups is 1. The van der Waals surface area contributed by atoms with Crippen LogP contribution >= 0.6 is 0 Å². The van der Waals surface area contributed by atoms with Gasteiger partial charge >= 0.3 is 0 Å². The zero-order valence-electron chi connectivity index (χ0n) is 11.7. The van der Waals surface area contributed by atoms with E-state index in [9.17, 15) is 4.79 Å². The Labute approximate surface area is 113 Å². The van der Waals surface area contributed by atoms with Crippen LogP contribution in [0.4, 0.5) is 0 Å². The van der Waals surface area contributed by atoms with Crippen LogP contribution in [-0.4, -0.2) is 20.8 Å². The van der Waals surface area contributed by atoms with E-state index in [1.807, 2.05) is 7.05 Å². The lowest BCUT2D eigenvalue weighted by Gasteiger charge is -2.60. The van der Waals surface area contributed by atoms with E-state index in [4.69, 9.17) is 0 Å². The first-order valence-electron chi connectivity index (χ1n) is 7.39. The molecule has 1 aromatic heterocycles. The molecule has 2 unspecified atom stereocenters. The number of aromatic nitrogens is 3. The van der Waals surface area contributed by atoms with Crippen molar-refractivity contribution in [3.05, 3.63) is 11.9 Å². The Morgan fingerprint density at radius 1 is 1.32 bits per heavy atom. The van der Waals surface area contributed by atoms with Gasteiger partial charge in [-0.05, 0) is 55.8 Å². The second-order valence-electron chi connectivity index (χ2n) is 7.62. The molecule has 0 aromatic carbocycles. The maximum atomic E-state index is 13.0. The van der Waals surface area contributed by atoms with E-state index in [0.29, 0.717) is 16.9 Å². The topological polar surface area (TPSA) is 47.8 Å². The van der Waals surface area contributed by atoms with Crippen LogP contribution in [0.3, 0.4) is 0 Å². The summed E-state index contributed by atoms with van der Waals surface area (Å²) in [6.45, 7) is 2.40. The molecule has 2 atom stereocenters. The summed E-state index contributed by atoms with van der Waals surface area (Å²) in [6, 6.07) is 0. The molecule has 4 fully saturated rings. The van der Waals surface area contributed by atoms with Crippen LogP contribution in [0.15, 0.2) is 6.20 Å². The zero-order valence-corrected chi connectivity index (χ0v) is 11.7. The van der Waals surface area contributed by atoms with E-state index in [2.05, 4.69) is 17.2 Å². The lowest BCUT2D eigenvalue weighted by Crippen LogP contribution is -2.54. The molecule has 0 aliphatic heterocycles. The minimum atomic E-state index is -0.103. The van der Waals surface area contributed by atoms with E-state index in [-0.39, 0.29) is 5.41 Å². The van der Waals surface area contributed by atoms with Crippen molar-refractivity contribution in [2.45, 2.75) is 45.4 Å². The highest BCUT2D eigenvalue weighted by molar-refractivity contribution is 5.99. The Kier molecular flexibility index (Phi) is 2.12. The first kappa shape index (κ1) is 11.6. The van der Waals surface area contributed by atoms with Gasteiger partial charge in [0.1, 0.15) is 5.69 Å². The van der Waals surface area contributed by atoms with Crippen LogP contribution in [0.5, 0.6) is 0 Å². The second-order valence-corrected chi connectivity index (χ2v) is 7.62. The standard InChI is InChI=1S/C15H21N3O/c1-14-4-10-3-11(5-14)7-15(6-10,9-14)13(19)12-8-16-17-18(12)2/h8,10-11H,3-7,9H2,1-2H3. The molecule has 0 radical (unpaired) electrons. The van der Waals surface area contributed by atoms with Crippen molar-refractivity contribution in [1.29, 1.82) is 0 Å². The minimum Gasteiger partial charge on any atom is -0.292 e. The summed E-state index contributed by atoms with van der Waals surface area (Å²) < 4.78 is 1.64. The Morgan fingerprint density at radius 2 is 2.00 bits per heavy atom. The van der Waals surface area contributed by atoms with Gasteiger partial charge in [-0.3, -0.25) is 4.79 Å². The van der Waals surface area contributed by atoms with Crippen LogP contribution in [0.25, 0.3) is 0 Å². The normalized spacial score (nSPS) is 43.7. The van der Waals surface area contributed by atoms with Crippen molar-refractivity contribution in [3.63, 3.8) is 0 Å². The average molecular weight is 259 g/mol. The molecule has 19 heavy (non-hydrogen) atoms. The molecule has 4 nitrogen and oxygen atoms in total. The van der Waals surface area contributed by atoms with Crippen molar-refractivity contribution in [3.8, 4) is 0 Å². The van der Waals surface area contributed by atoms with Gasteiger partial charge in [0.25, 0.3) is 0 Å². The van der Waals surface area contributed by atoms with Gasteiger partial charge in [0.05, 0.1) is 6.20 Å². The Hall–Kier alpha value is -1.19. The molecule has 4 aliphatic rings. The van der Waals surface area contributed by atoms with Gasteiger partial charge in [-0.15, -0.1) is 5.10 Å². The van der Waals surface area contributed by atoms with Gasteiger partial charge in [0, 0.05) is 12.5 Å². The summed E-state index contributed by atoms with van der Waals surface area (Å²) in [5.74, 6) is 1.85. The van der Waals surface area contributed by atoms with Gasteiger partial charge in [0.15, 0.2) is 5.78 Å². The van der Waals surface area contributed by atoms with E-state index >= 15 is 0 Å². The van der Waals surface area contributed by atoms with Gasteiger partial charge in [-0.1, -0.05) is 12.1 Å². The largest absolute Gasteiger partial charge is 0.292 e. The first-order chi connectivity index (χ1) is 9.00. The zero-order chi connectivity index (χ0) is 13.3. The van der Waals surface area contributed by atoms with Crippen molar-refractivity contribution < 1.29 is 4.79 Å². The molecule has 0 saturated heterocycles. The number of carbonyl (C=O) groups excluding carboxylic acids is 1. The summed E-state index contributed by atoms with van der Waals surface area (Å²) in [4.78, 5) is 13.0. The van der Waals surface area contributed by atoms with Crippen LogP contribution in [0.2, 0.25) is 0 Å². The molecule has 1 heterocycles. The number of nitrogens with zero attached hydrogens (tertiary/aromatic N) is 3. The van der Waals surface area contributed by atoms with Gasteiger partial charge in [-0.2, -0.15) is 0 Å². The number of hydrogen-bond acceptors (Lipinski definition) is 3. The minimum absolute atomic E-state index is 0.103. The summed E-state index contributed by atoms with van der Waals surface area (Å²) in [5, 5.41) is 7.81. The third kappa shape index (κ3) is 1.55. The lowest BCUT2D eigenvalue weighted by atomic mass is 9.43. The Balaban J connectivity index is 1.74. The van der Waals surface area contributed by atoms with E-state index < -0.39 is 0 Å². The van der Waals surface area contributed by atoms with Crippen LogP contribution in [-0.2, 0) is 7.05 Å². The predicted molar refractivity (Wildman–Crippen MR) is 70.6 cm³/mol. The van der Waals surface area contributed by atoms with Crippen LogP contribution in [0, 0.1) is 22.7 Å². The first-order valence-corrected chi connectivity index (χ1v) is 7.39. The van der Waals surface area contributed by atoms with Crippen molar-refractivity contribution in [2.75, 3.05) is 0 Å². The Bertz CT molecular complexity index is 533. The maximum absolute atomic E-state index is 13.0. The molecular weight excluding hydrogens is 238 g/mol. The summed E-state index contributed by atoms with van der Waals surface area (Å²) in [7, 11) is 1.82. The molecule has 1 aromatic rings. The highest BCUT2D eigenvalue weighted by Gasteiger charge is 2.59. The smallest absolute Gasteiger partial charge is 0.188 e. The molecule has 0 N–H and O–H groups in total. The maximum Gasteiger partial charge on any atom is 0.188 e. The molecular formula is C15H21N3O. The number of Topliss-reactive ketones (excluding diaryl/α,β-unsaturated/α-hetero) is 1. The summed E-state index contributed by atoms with van der Waals surface area (Å²) in [5.41, 5.74) is 1.01. The molecule has 4 bridgehead atoms. The highest BCUT2D eigenvalue weighted by atomic mass is 16.1. The fourth-order valence-electron chi connectivity index (χ4n) is 5.75. The fraction of sp³-hybridized carbons (Fsp3) is 0.800. The fourth-order valence-corrected chi connectivity index (χ4v) is 5.75. The van der Waals surface area contributed by atoms with Gasteiger partial charge in [-0.25, -0.2) is 4.68 Å². The molecule has 0 spiro atoms. The molecule has 0 amide bonds. The van der Waals surface area contributed by atoms with E-state index in [1.54, 1.807) is 10.9 Å². The predicted octanol–water partition coefficient (Wildman–Crippen LogP) is 2.60. The van der Waals surface area contributed by atoms with Crippen molar-refractivity contribution >= 4 is 5.78 Å². The molecule has 4 saturated carbocycles. The monoisotopic (exact) mass is 259 g/mol. The quantitative estimate of drug-likeness (QED) is 0.767.